The fourth-order valence-electron chi connectivity index (χ4n) is 2.13. The minimum Gasteiger partial charge on any atom is -0.313 e. The average molecular weight is 196 g/mol. The third-order valence-corrected chi connectivity index (χ3v) is 3.07. The summed E-state index contributed by atoms with van der Waals surface area (Å²) in [7, 11) is 2.21. The standard InChI is InChI=1S/C12H24N2/c1-10(2)5-7-13-12-6-8-14(4)9-11(12)3/h11-13H,1,5-9H2,2-4H3. The van der Waals surface area contributed by atoms with Gasteiger partial charge in [0.15, 0.2) is 0 Å². The zero-order valence-electron chi connectivity index (χ0n) is 9.84. The van der Waals surface area contributed by atoms with E-state index >= 15 is 0 Å². The summed E-state index contributed by atoms with van der Waals surface area (Å²) in [5.41, 5.74) is 1.28. The Morgan fingerprint density at radius 3 is 2.86 bits per heavy atom. The normalized spacial score (nSPS) is 29.1. The van der Waals surface area contributed by atoms with Crippen molar-refractivity contribution in [2.24, 2.45) is 5.92 Å². The van der Waals surface area contributed by atoms with Crippen LogP contribution < -0.4 is 5.32 Å². The van der Waals surface area contributed by atoms with Crippen molar-refractivity contribution >= 4 is 0 Å². The molecule has 0 spiro atoms. The topological polar surface area (TPSA) is 15.3 Å². The number of nitrogens with one attached hydrogen (secondary N) is 1. The summed E-state index contributed by atoms with van der Waals surface area (Å²) < 4.78 is 0. The van der Waals surface area contributed by atoms with Crippen LogP contribution in [0.2, 0.25) is 0 Å². The number of hydrogen-bond donors (Lipinski definition) is 1. The van der Waals surface area contributed by atoms with Crippen molar-refractivity contribution < 1.29 is 0 Å². The number of likely N-dealkylation sites (tertiary alicyclic amines) is 1. The number of piperidine rings is 1. The van der Waals surface area contributed by atoms with Gasteiger partial charge in [0.2, 0.25) is 0 Å². The third-order valence-electron chi connectivity index (χ3n) is 3.07. The van der Waals surface area contributed by atoms with E-state index in [0.717, 1.165) is 18.9 Å². The summed E-state index contributed by atoms with van der Waals surface area (Å²) in [5, 5.41) is 3.64. The molecule has 2 unspecified atom stereocenters. The minimum absolute atomic E-state index is 0.713. The molecule has 0 aromatic heterocycles. The Bertz CT molecular complexity index is 189. The maximum Gasteiger partial charge on any atom is 0.0117 e. The summed E-state index contributed by atoms with van der Waals surface area (Å²) >= 11 is 0. The molecule has 1 N–H and O–H groups in total. The molecule has 14 heavy (non-hydrogen) atoms. The van der Waals surface area contributed by atoms with Crippen LogP contribution in [-0.4, -0.2) is 37.6 Å². The molecular weight excluding hydrogens is 172 g/mol. The fraction of sp³-hybridized carbons (Fsp3) is 0.833. The van der Waals surface area contributed by atoms with E-state index in [1.54, 1.807) is 0 Å². The molecule has 0 aromatic carbocycles. The van der Waals surface area contributed by atoms with Gasteiger partial charge in [0.1, 0.15) is 0 Å². The minimum atomic E-state index is 0.713. The Hall–Kier alpha value is -0.340. The van der Waals surface area contributed by atoms with Gasteiger partial charge in [0.25, 0.3) is 0 Å². The number of nitrogens with zero attached hydrogens (tertiary/aromatic N) is 1. The molecule has 0 aromatic rings. The summed E-state index contributed by atoms with van der Waals surface area (Å²) in [6.07, 6.45) is 2.40. The van der Waals surface area contributed by atoms with E-state index in [1.165, 1.54) is 25.1 Å². The van der Waals surface area contributed by atoms with Crippen molar-refractivity contribution in [3.05, 3.63) is 12.2 Å². The molecule has 0 saturated carbocycles. The Balaban J connectivity index is 2.20. The lowest BCUT2D eigenvalue weighted by molar-refractivity contribution is 0.176. The first-order chi connectivity index (χ1) is 6.59. The molecule has 2 atom stereocenters. The van der Waals surface area contributed by atoms with Gasteiger partial charge in [-0.3, -0.25) is 0 Å². The Morgan fingerprint density at radius 2 is 2.29 bits per heavy atom. The predicted molar refractivity (Wildman–Crippen MR) is 62.5 cm³/mol. The van der Waals surface area contributed by atoms with Gasteiger partial charge in [0.05, 0.1) is 0 Å². The molecule has 1 aliphatic rings. The van der Waals surface area contributed by atoms with Crippen molar-refractivity contribution in [3.8, 4) is 0 Å². The van der Waals surface area contributed by atoms with Gasteiger partial charge in [-0.1, -0.05) is 12.5 Å². The van der Waals surface area contributed by atoms with Gasteiger partial charge < -0.3 is 10.2 Å². The second-order valence-electron chi connectivity index (χ2n) is 4.80. The van der Waals surface area contributed by atoms with Crippen LogP contribution in [0.5, 0.6) is 0 Å². The van der Waals surface area contributed by atoms with Gasteiger partial charge >= 0.3 is 0 Å². The van der Waals surface area contributed by atoms with Crippen molar-refractivity contribution in [1.29, 1.82) is 0 Å². The highest BCUT2D eigenvalue weighted by atomic mass is 15.1. The summed E-state index contributed by atoms with van der Waals surface area (Å²) in [6.45, 7) is 11.9. The molecule has 0 aliphatic carbocycles. The Morgan fingerprint density at radius 1 is 1.57 bits per heavy atom. The lowest BCUT2D eigenvalue weighted by atomic mass is 9.94. The van der Waals surface area contributed by atoms with Crippen molar-refractivity contribution in [3.63, 3.8) is 0 Å². The molecule has 1 heterocycles. The maximum atomic E-state index is 3.92. The van der Waals surface area contributed by atoms with Crippen LogP contribution >= 0.6 is 0 Å². The number of rotatable bonds is 4. The highest BCUT2D eigenvalue weighted by molar-refractivity contribution is 4.89. The van der Waals surface area contributed by atoms with Gasteiger partial charge in [-0.05, 0) is 45.8 Å². The largest absolute Gasteiger partial charge is 0.313 e. The smallest absolute Gasteiger partial charge is 0.0117 e. The zero-order chi connectivity index (χ0) is 10.6. The molecule has 2 nitrogen and oxygen atoms in total. The van der Waals surface area contributed by atoms with E-state index in [4.69, 9.17) is 0 Å². The second-order valence-corrected chi connectivity index (χ2v) is 4.80. The summed E-state index contributed by atoms with van der Waals surface area (Å²) in [5.74, 6) is 0.777. The van der Waals surface area contributed by atoms with Gasteiger partial charge in [-0.25, -0.2) is 0 Å². The van der Waals surface area contributed by atoms with E-state index in [0.29, 0.717) is 6.04 Å². The van der Waals surface area contributed by atoms with Crippen molar-refractivity contribution in [2.45, 2.75) is 32.7 Å². The fourth-order valence-corrected chi connectivity index (χ4v) is 2.13. The Labute approximate surface area is 88.4 Å². The van der Waals surface area contributed by atoms with Crippen LogP contribution in [0.1, 0.15) is 26.7 Å². The Kier molecular flexibility index (Phi) is 4.63. The quantitative estimate of drug-likeness (QED) is 0.691. The van der Waals surface area contributed by atoms with Crippen LogP contribution in [-0.2, 0) is 0 Å². The van der Waals surface area contributed by atoms with Crippen LogP contribution in [0.4, 0.5) is 0 Å². The van der Waals surface area contributed by atoms with Gasteiger partial charge in [0, 0.05) is 12.6 Å². The van der Waals surface area contributed by atoms with E-state index in [9.17, 15) is 0 Å². The SMILES string of the molecule is C=C(C)CCNC1CCN(C)CC1C. The zero-order valence-corrected chi connectivity index (χ0v) is 9.84. The molecule has 0 bridgehead atoms. The molecule has 0 amide bonds. The first kappa shape index (κ1) is 11.7. The first-order valence-electron chi connectivity index (χ1n) is 5.66. The molecule has 1 fully saturated rings. The molecule has 0 radical (unpaired) electrons. The molecule has 1 saturated heterocycles. The van der Waals surface area contributed by atoms with Crippen LogP contribution in [0.25, 0.3) is 0 Å². The monoisotopic (exact) mass is 196 g/mol. The van der Waals surface area contributed by atoms with E-state index < -0.39 is 0 Å². The van der Waals surface area contributed by atoms with Gasteiger partial charge in [-0.15, -0.1) is 6.58 Å². The second kappa shape index (κ2) is 5.52. The van der Waals surface area contributed by atoms with Crippen LogP contribution in [0.3, 0.4) is 0 Å². The summed E-state index contributed by atoms with van der Waals surface area (Å²) in [6, 6.07) is 0.713. The summed E-state index contributed by atoms with van der Waals surface area (Å²) in [4.78, 5) is 2.42. The highest BCUT2D eigenvalue weighted by Crippen LogP contribution is 2.15. The van der Waals surface area contributed by atoms with E-state index in [2.05, 4.69) is 37.7 Å². The molecule has 82 valence electrons. The van der Waals surface area contributed by atoms with Crippen molar-refractivity contribution in [1.82, 2.24) is 10.2 Å². The van der Waals surface area contributed by atoms with Crippen molar-refractivity contribution in [2.75, 3.05) is 26.7 Å². The molecule has 2 heteroatoms. The lowest BCUT2D eigenvalue weighted by Gasteiger charge is -2.35. The van der Waals surface area contributed by atoms with E-state index in [-0.39, 0.29) is 0 Å². The van der Waals surface area contributed by atoms with E-state index in [1.807, 2.05) is 0 Å². The highest BCUT2D eigenvalue weighted by Gasteiger charge is 2.22. The lowest BCUT2D eigenvalue weighted by Crippen LogP contribution is -2.47. The first-order valence-corrected chi connectivity index (χ1v) is 5.66. The number of hydrogen-bond acceptors (Lipinski definition) is 2. The van der Waals surface area contributed by atoms with Gasteiger partial charge in [-0.2, -0.15) is 0 Å². The third kappa shape index (κ3) is 3.81. The van der Waals surface area contributed by atoms with Crippen LogP contribution in [0.15, 0.2) is 12.2 Å². The van der Waals surface area contributed by atoms with Crippen LogP contribution in [0, 0.1) is 5.92 Å². The molecule has 1 rings (SSSR count). The molecule has 1 aliphatic heterocycles. The predicted octanol–water partition coefficient (Wildman–Crippen LogP) is 1.88. The average Bonchev–Trinajstić information content (AvgIpc) is 2.08. The maximum absolute atomic E-state index is 3.92. The molecular formula is C12H24N2.